The van der Waals surface area contributed by atoms with Crippen molar-refractivity contribution >= 4 is 13.3 Å². The number of ether oxygens (including phenoxy) is 2. The Balaban J connectivity index is 1.38. The van der Waals surface area contributed by atoms with Crippen molar-refractivity contribution in [1.29, 1.82) is 0 Å². The molecule has 0 aliphatic heterocycles. The van der Waals surface area contributed by atoms with Crippen LogP contribution in [0.4, 0.5) is 0 Å². The maximum Gasteiger partial charge on any atom is 0.546 e. The molecule has 0 spiro atoms. The first-order chi connectivity index (χ1) is 16.8. The average Bonchev–Trinajstić information content (AvgIpc) is 2.86. The van der Waals surface area contributed by atoms with E-state index in [0.717, 1.165) is 23.3 Å². The molecule has 5 N–H and O–H groups in total. The Labute approximate surface area is 205 Å². The molecule has 0 saturated carbocycles. The van der Waals surface area contributed by atoms with Crippen LogP contribution in [-0.2, 0) is 24.2 Å². The first kappa shape index (κ1) is 26.6. The lowest BCUT2D eigenvalue weighted by Gasteiger charge is -2.18. The molecule has 0 bridgehead atoms. The van der Waals surface area contributed by atoms with Crippen LogP contribution in [0, 0.1) is 0 Å². The number of aliphatic hydroxyl groups is 2. The summed E-state index contributed by atoms with van der Waals surface area (Å²) in [5.74, 6) is 1.21. The standard InChI is InChI=1S/C26H30NO7P/c1-18(27-14-22(29)17-34-24-8-11-26(30)21(13-24)15-28)12-19-2-6-23(7-3-19)33-16-20-4-9-25(10-5-20)35(31)32/h2-11,13,18,22,27-29H,12,14-17H2,1H3,(H-,30,31,32)/p+1. The van der Waals surface area contributed by atoms with Crippen molar-refractivity contribution < 1.29 is 34.3 Å². The molecule has 0 saturated heterocycles. The van der Waals surface area contributed by atoms with Crippen LogP contribution >= 0.6 is 8.03 Å². The number of phenols is 1. The topological polar surface area (TPSA) is 128 Å². The molecule has 3 aromatic carbocycles. The molecule has 8 nitrogen and oxygen atoms in total. The number of rotatable bonds is 13. The molecule has 0 amide bonds. The van der Waals surface area contributed by atoms with E-state index in [9.17, 15) is 19.9 Å². The van der Waals surface area contributed by atoms with Crippen LogP contribution in [0.3, 0.4) is 0 Å². The van der Waals surface area contributed by atoms with Gasteiger partial charge in [0.2, 0.25) is 5.30 Å². The highest BCUT2D eigenvalue weighted by molar-refractivity contribution is 7.47. The molecule has 186 valence electrons. The van der Waals surface area contributed by atoms with E-state index in [-0.39, 0.29) is 25.0 Å². The quantitative estimate of drug-likeness (QED) is 0.227. The Morgan fingerprint density at radius 1 is 0.943 bits per heavy atom. The van der Waals surface area contributed by atoms with Gasteiger partial charge in [-0.2, -0.15) is 4.89 Å². The van der Waals surface area contributed by atoms with Crippen LogP contribution in [0.1, 0.15) is 23.6 Å². The second kappa shape index (κ2) is 13.2. The summed E-state index contributed by atoms with van der Waals surface area (Å²) in [6.45, 7) is 2.56. The minimum Gasteiger partial charge on any atom is -0.508 e. The molecule has 3 atom stereocenters. The van der Waals surface area contributed by atoms with Gasteiger partial charge in [0.1, 0.15) is 36.6 Å². The maximum atomic E-state index is 11.1. The fourth-order valence-corrected chi connectivity index (χ4v) is 3.80. The van der Waals surface area contributed by atoms with E-state index < -0.39 is 14.1 Å². The van der Waals surface area contributed by atoms with Gasteiger partial charge in [-0.25, -0.2) is 0 Å². The summed E-state index contributed by atoms with van der Waals surface area (Å²) in [6, 6.07) is 19.3. The normalized spacial score (nSPS) is 13.2. The lowest BCUT2D eigenvalue weighted by molar-refractivity contribution is 0.104. The summed E-state index contributed by atoms with van der Waals surface area (Å²) in [5.41, 5.74) is 2.41. The van der Waals surface area contributed by atoms with Gasteiger partial charge in [-0.05, 0) is 71.5 Å². The third kappa shape index (κ3) is 8.62. The maximum absolute atomic E-state index is 11.1. The van der Waals surface area contributed by atoms with E-state index in [1.54, 1.807) is 36.4 Å². The summed E-state index contributed by atoms with van der Waals surface area (Å²) < 4.78 is 22.4. The Morgan fingerprint density at radius 2 is 1.60 bits per heavy atom. The molecule has 3 rings (SSSR count). The monoisotopic (exact) mass is 500 g/mol. The second-order valence-corrected chi connectivity index (χ2v) is 9.36. The molecule has 0 aliphatic carbocycles. The third-order valence-electron chi connectivity index (χ3n) is 5.39. The number of aliphatic hydroxyl groups excluding tert-OH is 2. The van der Waals surface area contributed by atoms with Crippen LogP contribution in [0.25, 0.3) is 0 Å². The van der Waals surface area contributed by atoms with Gasteiger partial charge >= 0.3 is 8.03 Å². The van der Waals surface area contributed by atoms with Crippen LogP contribution in [-0.4, -0.2) is 45.5 Å². The summed E-state index contributed by atoms with van der Waals surface area (Å²) >= 11 is 0. The molecule has 0 fully saturated rings. The minimum absolute atomic E-state index is 0.00378. The van der Waals surface area contributed by atoms with Gasteiger partial charge in [-0.15, -0.1) is 0 Å². The van der Waals surface area contributed by atoms with Crippen molar-refractivity contribution in [3.05, 3.63) is 83.4 Å². The van der Waals surface area contributed by atoms with Crippen LogP contribution in [0.2, 0.25) is 0 Å². The van der Waals surface area contributed by atoms with Crippen molar-refractivity contribution in [2.45, 2.75) is 38.7 Å². The zero-order valence-electron chi connectivity index (χ0n) is 19.5. The zero-order chi connectivity index (χ0) is 25.2. The molecule has 3 unspecified atom stereocenters. The van der Waals surface area contributed by atoms with Crippen molar-refractivity contribution in [1.82, 2.24) is 5.32 Å². The highest BCUT2D eigenvalue weighted by Gasteiger charge is 2.15. The van der Waals surface area contributed by atoms with Gasteiger partial charge in [-0.1, -0.05) is 24.3 Å². The van der Waals surface area contributed by atoms with E-state index in [1.165, 1.54) is 6.07 Å². The predicted octanol–water partition coefficient (Wildman–Crippen LogP) is 2.78. The smallest absolute Gasteiger partial charge is 0.508 e. The van der Waals surface area contributed by atoms with Crippen molar-refractivity contribution in [3.8, 4) is 17.2 Å². The molecule has 9 heteroatoms. The van der Waals surface area contributed by atoms with Gasteiger partial charge in [0.15, 0.2) is 0 Å². The number of hydrogen-bond acceptors (Lipinski definition) is 7. The van der Waals surface area contributed by atoms with Gasteiger partial charge in [0, 0.05) is 18.2 Å². The molecule has 35 heavy (non-hydrogen) atoms. The van der Waals surface area contributed by atoms with Crippen LogP contribution in [0.15, 0.2) is 66.7 Å². The summed E-state index contributed by atoms with van der Waals surface area (Å²) in [5, 5.41) is 32.7. The molecule has 3 aromatic rings. The molecule has 0 aromatic heterocycles. The Hall–Kier alpha value is -3.00. The average molecular weight is 501 g/mol. The van der Waals surface area contributed by atoms with Crippen LogP contribution < -0.4 is 20.1 Å². The first-order valence-corrected chi connectivity index (χ1v) is 12.5. The van der Waals surface area contributed by atoms with Crippen molar-refractivity contribution in [3.63, 3.8) is 0 Å². The predicted molar refractivity (Wildman–Crippen MR) is 133 cm³/mol. The third-order valence-corrected chi connectivity index (χ3v) is 6.13. The summed E-state index contributed by atoms with van der Waals surface area (Å²) in [7, 11) is -2.32. The SMILES string of the molecule is CC(Cc1ccc(OCc2ccc([P+](=O)O)cc2)cc1)NCC(O)COc1ccc(O)c(CO)c1. The van der Waals surface area contributed by atoms with Crippen molar-refractivity contribution in [2.24, 2.45) is 0 Å². The molecule has 0 heterocycles. The molecular formula is C26H31NO7P+. The number of hydrogen-bond donors (Lipinski definition) is 5. The Kier molecular flexibility index (Phi) is 10.0. The number of aromatic hydroxyl groups is 1. The first-order valence-electron chi connectivity index (χ1n) is 11.3. The number of nitrogens with one attached hydrogen (secondary N) is 1. The van der Waals surface area contributed by atoms with E-state index >= 15 is 0 Å². The molecule has 0 aliphatic rings. The summed E-state index contributed by atoms with van der Waals surface area (Å²) in [6.07, 6.45) is 0.0543. The van der Waals surface area contributed by atoms with Crippen molar-refractivity contribution in [2.75, 3.05) is 13.2 Å². The largest absolute Gasteiger partial charge is 0.546 e. The van der Waals surface area contributed by atoms with Crippen LogP contribution in [0.5, 0.6) is 17.2 Å². The number of benzene rings is 3. The fraction of sp³-hybridized carbons (Fsp3) is 0.308. The fourth-order valence-electron chi connectivity index (χ4n) is 3.40. The van der Waals surface area contributed by atoms with E-state index in [1.807, 2.05) is 31.2 Å². The van der Waals surface area contributed by atoms with Gasteiger partial charge in [0.05, 0.1) is 6.61 Å². The lowest BCUT2D eigenvalue weighted by atomic mass is 10.1. The van der Waals surface area contributed by atoms with E-state index in [0.29, 0.717) is 29.8 Å². The van der Waals surface area contributed by atoms with Gasteiger partial charge in [-0.3, -0.25) is 0 Å². The summed E-state index contributed by atoms with van der Waals surface area (Å²) in [4.78, 5) is 9.10. The van der Waals surface area contributed by atoms with Gasteiger partial charge in [0.25, 0.3) is 0 Å². The molecule has 0 radical (unpaired) electrons. The lowest BCUT2D eigenvalue weighted by Crippen LogP contribution is -2.37. The highest BCUT2D eigenvalue weighted by Crippen LogP contribution is 2.23. The Morgan fingerprint density at radius 3 is 2.26 bits per heavy atom. The van der Waals surface area contributed by atoms with E-state index in [2.05, 4.69) is 5.32 Å². The highest BCUT2D eigenvalue weighted by atomic mass is 31.1. The van der Waals surface area contributed by atoms with E-state index in [4.69, 9.17) is 14.4 Å². The van der Waals surface area contributed by atoms with Gasteiger partial charge < -0.3 is 30.1 Å². The Bertz CT molecular complexity index is 1090. The molecular weight excluding hydrogens is 469 g/mol. The zero-order valence-corrected chi connectivity index (χ0v) is 20.4. The minimum atomic E-state index is -2.32. The second-order valence-electron chi connectivity index (χ2n) is 8.30.